The Kier molecular flexibility index (Phi) is 6.20. The molecule has 3 N–H and O–H groups in total. The lowest BCUT2D eigenvalue weighted by Crippen LogP contribution is -2.29. The lowest BCUT2D eigenvalue weighted by molar-refractivity contribution is 0.143. The maximum Gasteiger partial charge on any atom is 0.161 e. The molecule has 0 amide bonds. The van der Waals surface area contributed by atoms with Crippen molar-refractivity contribution < 1.29 is 18.3 Å². The molecule has 2 rings (SSSR count). The van der Waals surface area contributed by atoms with E-state index in [0.717, 1.165) is 5.56 Å². The molecule has 0 aliphatic rings. The first-order chi connectivity index (χ1) is 9.49. The predicted octanol–water partition coefficient (Wildman–Crippen LogP) is 3.13. The minimum absolute atomic E-state index is 0. The Morgan fingerprint density at radius 3 is 2.14 bits per heavy atom. The van der Waals surface area contributed by atoms with Gasteiger partial charge in [0.2, 0.25) is 0 Å². The Labute approximate surface area is 126 Å². The van der Waals surface area contributed by atoms with Gasteiger partial charge in [-0.15, -0.1) is 12.4 Å². The standard InChI is InChI=1S/C15H14F3NO.ClH/c16-11-8-13(18)12(17)7-10(11)15(19)14(20)6-9-4-2-1-3-5-9;/h1-5,7-8,14-15,20H,6,19H2;1H/t14-,15+;/m1./s1. The van der Waals surface area contributed by atoms with Crippen LogP contribution in [0.1, 0.15) is 17.2 Å². The molecule has 0 unspecified atom stereocenters. The number of hydrogen-bond donors (Lipinski definition) is 2. The fourth-order valence-corrected chi connectivity index (χ4v) is 1.98. The van der Waals surface area contributed by atoms with Gasteiger partial charge in [-0.1, -0.05) is 30.3 Å². The number of nitrogens with two attached hydrogens (primary N) is 1. The van der Waals surface area contributed by atoms with Gasteiger partial charge in [-0.25, -0.2) is 13.2 Å². The van der Waals surface area contributed by atoms with Gasteiger partial charge in [-0.3, -0.25) is 0 Å². The van der Waals surface area contributed by atoms with Crippen LogP contribution >= 0.6 is 12.4 Å². The van der Waals surface area contributed by atoms with E-state index in [4.69, 9.17) is 5.73 Å². The molecule has 2 aromatic carbocycles. The number of halogens is 4. The van der Waals surface area contributed by atoms with Crippen LogP contribution in [0, 0.1) is 17.5 Å². The van der Waals surface area contributed by atoms with Crippen molar-refractivity contribution >= 4 is 12.4 Å². The van der Waals surface area contributed by atoms with Crippen LogP contribution in [0.2, 0.25) is 0 Å². The highest BCUT2D eigenvalue weighted by Gasteiger charge is 2.22. The molecule has 0 spiro atoms. The minimum atomic E-state index is -1.28. The smallest absolute Gasteiger partial charge is 0.161 e. The van der Waals surface area contributed by atoms with Crippen LogP contribution in [-0.4, -0.2) is 11.2 Å². The highest BCUT2D eigenvalue weighted by atomic mass is 35.5. The number of rotatable bonds is 4. The van der Waals surface area contributed by atoms with Gasteiger partial charge in [-0.2, -0.15) is 0 Å². The number of aliphatic hydroxyl groups excluding tert-OH is 1. The average Bonchev–Trinajstić information content (AvgIpc) is 2.43. The van der Waals surface area contributed by atoms with Crippen molar-refractivity contribution in [2.24, 2.45) is 5.73 Å². The number of hydrogen-bond acceptors (Lipinski definition) is 2. The van der Waals surface area contributed by atoms with Crippen molar-refractivity contribution in [2.75, 3.05) is 0 Å². The van der Waals surface area contributed by atoms with E-state index in [1.807, 2.05) is 6.07 Å². The number of benzene rings is 2. The second-order valence-corrected chi connectivity index (χ2v) is 4.57. The molecule has 0 aliphatic carbocycles. The zero-order valence-corrected chi connectivity index (χ0v) is 11.8. The minimum Gasteiger partial charge on any atom is -0.391 e. The number of aliphatic hydroxyl groups is 1. The van der Waals surface area contributed by atoms with E-state index in [-0.39, 0.29) is 24.4 Å². The Morgan fingerprint density at radius 2 is 1.52 bits per heavy atom. The van der Waals surface area contributed by atoms with Crippen LogP contribution in [0.4, 0.5) is 13.2 Å². The van der Waals surface area contributed by atoms with Gasteiger partial charge in [0.05, 0.1) is 12.1 Å². The largest absolute Gasteiger partial charge is 0.391 e. The van der Waals surface area contributed by atoms with Crippen molar-refractivity contribution in [2.45, 2.75) is 18.6 Å². The lowest BCUT2D eigenvalue weighted by Gasteiger charge is -2.20. The summed E-state index contributed by atoms with van der Waals surface area (Å²) in [6.45, 7) is 0. The molecule has 0 fully saturated rings. The summed E-state index contributed by atoms with van der Waals surface area (Å²) in [4.78, 5) is 0. The van der Waals surface area contributed by atoms with E-state index < -0.39 is 29.6 Å². The molecule has 0 heterocycles. The van der Waals surface area contributed by atoms with E-state index in [2.05, 4.69) is 0 Å². The summed E-state index contributed by atoms with van der Waals surface area (Å²) in [5.41, 5.74) is 6.30. The van der Waals surface area contributed by atoms with Crippen LogP contribution in [0.25, 0.3) is 0 Å². The molecule has 2 aromatic rings. The maximum absolute atomic E-state index is 13.6. The summed E-state index contributed by atoms with van der Waals surface area (Å²) in [7, 11) is 0. The molecular formula is C15H15ClF3NO. The van der Waals surface area contributed by atoms with Crippen LogP contribution in [0.15, 0.2) is 42.5 Å². The molecule has 21 heavy (non-hydrogen) atoms. The Hall–Kier alpha value is -1.56. The third-order valence-corrected chi connectivity index (χ3v) is 3.10. The molecule has 2 atom stereocenters. The first kappa shape index (κ1) is 17.5. The third kappa shape index (κ3) is 4.20. The van der Waals surface area contributed by atoms with Gasteiger partial charge in [0.15, 0.2) is 11.6 Å². The monoisotopic (exact) mass is 317 g/mol. The van der Waals surface area contributed by atoms with Crippen LogP contribution in [0.5, 0.6) is 0 Å². The van der Waals surface area contributed by atoms with Crippen molar-refractivity contribution in [3.8, 4) is 0 Å². The molecule has 0 aliphatic heterocycles. The summed E-state index contributed by atoms with van der Waals surface area (Å²) in [6.07, 6.45) is -0.905. The summed E-state index contributed by atoms with van der Waals surface area (Å²) in [5, 5.41) is 10.0. The molecule has 0 aromatic heterocycles. The molecule has 0 saturated carbocycles. The lowest BCUT2D eigenvalue weighted by atomic mass is 9.96. The van der Waals surface area contributed by atoms with E-state index in [0.29, 0.717) is 12.1 Å². The first-order valence-corrected chi connectivity index (χ1v) is 6.11. The van der Waals surface area contributed by atoms with Gasteiger partial charge in [0.1, 0.15) is 5.82 Å². The second-order valence-electron chi connectivity index (χ2n) is 4.57. The zero-order valence-electron chi connectivity index (χ0n) is 11.0. The topological polar surface area (TPSA) is 46.2 Å². The molecule has 114 valence electrons. The Balaban J connectivity index is 0.00000220. The van der Waals surface area contributed by atoms with E-state index in [9.17, 15) is 18.3 Å². The Morgan fingerprint density at radius 1 is 0.952 bits per heavy atom. The van der Waals surface area contributed by atoms with Crippen molar-refractivity contribution in [3.05, 3.63) is 71.0 Å². The Bertz CT molecular complexity index is 595. The van der Waals surface area contributed by atoms with Crippen LogP contribution in [-0.2, 0) is 6.42 Å². The summed E-state index contributed by atoms with van der Waals surface area (Å²) >= 11 is 0. The van der Waals surface area contributed by atoms with Crippen LogP contribution < -0.4 is 5.73 Å². The highest BCUT2D eigenvalue weighted by Crippen LogP contribution is 2.23. The SMILES string of the molecule is Cl.N[C@@H](c1cc(F)c(F)cc1F)[C@H](O)Cc1ccccc1. The fourth-order valence-electron chi connectivity index (χ4n) is 1.98. The zero-order chi connectivity index (χ0) is 14.7. The van der Waals surface area contributed by atoms with Gasteiger partial charge in [0.25, 0.3) is 0 Å². The molecule has 0 radical (unpaired) electrons. The summed E-state index contributed by atoms with van der Waals surface area (Å²) < 4.78 is 39.6. The van der Waals surface area contributed by atoms with Crippen LogP contribution in [0.3, 0.4) is 0 Å². The molecular weight excluding hydrogens is 303 g/mol. The fraction of sp³-hybridized carbons (Fsp3) is 0.200. The normalized spacial score (nSPS) is 13.4. The molecule has 2 nitrogen and oxygen atoms in total. The molecule has 0 saturated heterocycles. The van der Waals surface area contributed by atoms with Crippen molar-refractivity contribution in [1.82, 2.24) is 0 Å². The molecule has 0 bridgehead atoms. The quantitative estimate of drug-likeness (QED) is 0.851. The van der Waals surface area contributed by atoms with Crippen molar-refractivity contribution in [3.63, 3.8) is 0 Å². The van der Waals surface area contributed by atoms with Gasteiger partial charge in [-0.05, 0) is 11.6 Å². The van der Waals surface area contributed by atoms with Gasteiger partial charge >= 0.3 is 0 Å². The van der Waals surface area contributed by atoms with E-state index >= 15 is 0 Å². The third-order valence-electron chi connectivity index (χ3n) is 3.10. The average molecular weight is 318 g/mol. The highest BCUT2D eigenvalue weighted by molar-refractivity contribution is 5.85. The molecule has 6 heteroatoms. The van der Waals surface area contributed by atoms with Gasteiger partial charge < -0.3 is 10.8 Å². The first-order valence-electron chi connectivity index (χ1n) is 6.11. The summed E-state index contributed by atoms with van der Waals surface area (Å²) in [5.74, 6) is -3.44. The van der Waals surface area contributed by atoms with E-state index in [1.54, 1.807) is 24.3 Å². The van der Waals surface area contributed by atoms with Gasteiger partial charge in [0, 0.05) is 18.1 Å². The van der Waals surface area contributed by atoms with Crippen molar-refractivity contribution in [1.29, 1.82) is 0 Å². The van der Waals surface area contributed by atoms with E-state index in [1.165, 1.54) is 0 Å². The maximum atomic E-state index is 13.6. The summed E-state index contributed by atoms with van der Waals surface area (Å²) in [6, 6.07) is 8.98. The second kappa shape index (κ2) is 7.45. The predicted molar refractivity (Wildman–Crippen MR) is 76.6 cm³/mol.